The Bertz CT molecular complexity index is 235. The van der Waals surface area contributed by atoms with Crippen LogP contribution in [0.15, 0.2) is 0 Å². The lowest BCUT2D eigenvalue weighted by molar-refractivity contribution is -0.128. The maximum absolute atomic E-state index is 11.8. The van der Waals surface area contributed by atoms with Crippen LogP contribution < -0.4 is 5.32 Å². The highest BCUT2D eigenvalue weighted by Crippen LogP contribution is 2.45. The van der Waals surface area contributed by atoms with Crippen molar-refractivity contribution in [3.8, 4) is 0 Å². The highest BCUT2D eigenvalue weighted by Gasteiger charge is 2.42. The summed E-state index contributed by atoms with van der Waals surface area (Å²) >= 11 is 5.85. The quantitative estimate of drug-likeness (QED) is 0.746. The van der Waals surface area contributed by atoms with Gasteiger partial charge in [-0.05, 0) is 25.7 Å². The molecule has 2 rings (SSSR count). The summed E-state index contributed by atoms with van der Waals surface area (Å²) in [5, 5.41) is 3.03. The zero-order chi connectivity index (χ0) is 10.7. The smallest absolute Gasteiger partial charge is 0.223 e. The molecule has 1 N–H and O–H groups in total. The number of carbonyl (C=O) groups excluding carboxylic acids is 1. The van der Waals surface area contributed by atoms with Crippen molar-refractivity contribution in [1.82, 2.24) is 5.32 Å². The zero-order valence-electron chi connectivity index (χ0n) is 8.93. The fraction of sp³-hybridized carbons (Fsp3) is 0.909. The standard InChI is InChI=1S/C11H18ClNO2/c12-7-11(3-4-11)8-13-10(14)9-1-5-15-6-2-9/h9H,1-8H2,(H,13,14). The molecule has 15 heavy (non-hydrogen) atoms. The maximum Gasteiger partial charge on any atom is 0.223 e. The molecule has 0 aromatic heterocycles. The van der Waals surface area contributed by atoms with Crippen molar-refractivity contribution in [2.24, 2.45) is 11.3 Å². The molecule has 1 amide bonds. The average molecular weight is 232 g/mol. The van der Waals surface area contributed by atoms with Crippen molar-refractivity contribution in [2.75, 3.05) is 25.6 Å². The number of nitrogens with one attached hydrogen (secondary N) is 1. The van der Waals surface area contributed by atoms with Crippen LogP contribution in [0, 0.1) is 11.3 Å². The van der Waals surface area contributed by atoms with Crippen LogP contribution >= 0.6 is 11.6 Å². The summed E-state index contributed by atoms with van der Waals surface area (Å²) in [7, 11) is 0. The van der Waals surface area contributed by atoms with E-state index in [1.54, 1.807) is 0 Å². The molecule has 0 unspecified atom stereocenters. The van der Waals surface area contributed by atoms with Gasteiger partial charge >= 0.3 is 0 Å². The second-order valence-corrected chi connectivity index (χ2v) is 5.01. The summed E-state index contributed by atoms with van der Waals surface area (Å²) in [6, 6.07) is 0. The van der Waals surface area contributed by atoms with Crippen LogP contribution in [0.25, 0.3) is 0 Å². The van der Waals surface area contributed by atoms with E-state index in [9.17, 15) is 4.79 Å². The molecule has 1 aliphatic heterocycles. The lowest BCUT2D eigenvalue weighted by atomic mass is 9.99. The molecule has 3 nitrogen and oxygen atoms in total. The van der Waals surface area contributed by atoms with Gasteiger partial charge in [0.15, 0.2) is 0 Å². The molecular formula is C11H18ClNO2. The number of hydrogen-bond donors (Lipinski definition) is 1. The normalized spacial score (nSPS) is 24.9. The number of hydrogen-bond acceptors (Lipinski definition) is 2. The monoisotopic (exact) mass is 231 g/mol. The Labute approximate surface area is 95.5 Å². The van der Waals surface area contributed by atoms with E-state index >= 15 is 0 Å². The first-order valence-corrected chi connectivity index (χ1v) is 6.21. The van der Waals surface area contributed by atoms with Gasteiger partial charge in [-0.25, -0.2) is 0 Å². The fourth-order valence-electron chi connectivity index (χ4n) is 1.91. The van der Waals surface area contributed by atoms with Gasteiger partial charge in [-0.1, -0.05) is 0 Å². The highest BCUT2D eigenvalue weighted by molar-refractivity contribution is 6.18. The first-order valence-electron chi connectivity index (χ1n) is 5.67. The minimum atomic E-state index is 0.157. The van der Waals surface area contributed by atoms with Crippen LogP contribution in [-0.4, -0.2) is 31.5 Å². The molecule has 0 radical (unpaired) electrons. The number of amides is 1. The summed E-state index contributed by atoms with van der Waals surface area (Å²) in [4.78, 5) is 11.8. The largest absolute Gasteiger partial charge is 0.381 e. The SMILES string of the molecule is O=C(NCC1(CCl)CC1)C1CCOCC1. The van der Waals surface area contributed by atoms with Crippen LogP contribution in [0.2, 0.25) is 0 Å². The van der Waals surface area contributed by atoms with Crippen LogP contribution in [0.5, 0.6) is 0 Å². The van der Waals surface area contributed by atoms with E-state index in [2.05, 4.69) is 5.32 Å². The molecule has 86 valence electrons. The van der Waals surface area contributed by atoms with Crippen molar-refractivity contribution in [3.63, 3.8) is 0 Å². The van der Waals surface area contributed by atoms with Crippen molar-refractivity contribution >= 4 is 17.5 Å². The van der Waals surface area contributed by atoms with E-state index in [1.165, 1.54) is 0 Å². The van der Waals surface area contributed by atoms with E-state index in [0.29, 0.717) is 5.88 Å². The van der Waals surface area contributed by atoms with Gasteiger partial charge < -0.3 is 10.1 Å². The molecule has 1 aliphatic carbocycles. The molecular weight excluding hydrogens is 214 g/mol. The van der Waals surface area contributed by atoms with E-state index < -0.39 is 0 Å². The third-order valence-electron chi connectivity index (χ3n) is 3.47. The Morgan fingerprint density at radius 2 is 2.07 bits per heavy atom. The first-order chi connectivity index (χ1) is 7.26. The second-order valence-electron chi connectivity index (χ2n) is 4.74. The van der Waals surface area contributed by atoms with E-state index in [-0.39, 0.29) is 17.2 Å². The Kier molecular flexibility index (Phi) is 3.52. The molecule has 4 heteroatoms. The lowest BCUT2D eigenvalue weighted by Gasteiger charge is -2.22. The van der Waals surface area contributed by atoms with E-state index in [1.807, 2.05) is 0 Å². The molecule has 0 spiro atoms. The molecule has 1 heterocycles. The summed E-state index contributed by atoms with van der Waals surface area (Å²) in [6.45, 7) is 2.20. The molecule has 1 saturated carbocycles. The third-order valence-corrected chi connectivity index (χ3v) is 4.04. The lowest BCUT2D eigenvalue weighted by Crippen LogP contribution is -2.37. The highest BCUT2D eigenvalue weighted by atomic mass is 35.5. The average Bonchev–Trinajstić information content (AvgIpc) is 3.08. The van der Waals surface area contributed by atoms with Crippen LogP contribution in [0.4, 0.5) is 0 Å². The predicted molar refractivity (Wildman–Crippen MR) is 58.9 cm³/mol. The predicted octanol–water partition coefficient (Wildman–Crippen LogP) is 1.55. The molecule has 1 saturated heterocycles. The third kappa shape index (κ3) is 2.85. The van der Waals surface area contributed by atoms with Crippen LogP contribution in [0.1, 0.15) is 25.7 Å². The van der Waals surface area contributed by atoms with E-state index in [0.717, 1.165) is 45.4 Å². The number of carbonyl (C=O) groups is 1. The number of ether oxygens (including phenoxy) is 1. The van der Waals surface area contributed by atoms with Gasteiger partial charge in [0.25, 0.3) is 0 Å². The van der Waals surface area contributed by atoms with Gasteiger partial charge in [0.05, 0.1) is 0 Å². The van der Waals surface area contributed by atoms with Crippen molar-refractivity contribution in [2.45, 2.75) is 25.7 Å². The Morgan fingerprint density at radius 3 is 2.60 bits per heavy atom. The second kappa shape index (κ2) is 4.71. The van der Waals surface area contributed by atoms with Gasteiger partial charge in [-0.2, -0.15) is 0 Å². The van der Waals surface area contributed by atoms with Gasteiger partial charge in [0, 0.05) is 37.0 Å². The Morgan fingerprint density at radius 1 is 1.40 bits per heavy atom. The summed E-state index contributed by atoms with van der Waals surface area (Å²) in [5.41, 5.74) is 0.225. The molecule has 0 aromatic carbocycles. The number of alkyl halides is 1. The molecule has 0 bridgehead atoms. The van der Waals surface area contributed by atoms with E-state index in [4.69, 9.17) is 16.3 Å². The zero-order valence-corrected chi connectivity index (χ0v) is 9.68. The maximum atomic E-state index is 11.8. The van der Waals surface area contributed by atoms with Gasteiger partial charge in [0.2, 0.25) is 5.91 Å². The summed E-state index contributed by atoms with van der Waals surface area (Å²) in [5.74, 6) is 1.01. The van der Waals surface area contributed by atoms with Crippen molar-refractivity contribution in [3.05, 3.63) is 0 Å². The van der Waals surface area contributed by atoms with Gasteiger partial charge in [-0.3, -0.25) is 4.79 Å². The molecule has 2 fully saturated rings. The topological polar surface area (TPSA) is 38.3 Å². The van der Waals surface area contributed by atoms with Crippen LogP contribution in [-0.2, 0) is 9.53 Å². The Balaban J connectivity index is 1.72. The molecule has 2 aliphatic rings. The number of halogens is 1. The summed E-state index contributed by atoms with van der Waals surface area (Å²) < 4.78 is 5.23. The fourth-order valence-corrected chi connectivity index (χ4v) is 2.27. The van der Waals surface area contributed by atoms with Gasteiger partial charge in [-0.15, -0.1) is 11.6 Å². The Hall–Kier alpha value is -0.280. The molecule has 0 atom stereocenters. The minimum Gasteiger partial charge on any atom is -0.381 e. The van der Waals surface area contributed by atoms with Gasteiger partial charge in [0.1, 0.15) is 0 Å². The number of rotatable bonds is 4. The first kappa shape index (κ1) is 11.2. The van der Waals surface area contributed by atoms with Crippen molar-refractivity contribution < 1.29 is 9.53 Å². The van der Waals surface area contributed by atoms with Crippen molar-refractivity contribution in [1.29, 1.82) is 0 Å². The summed E-state index contributed by atoms with van der Waals surface area (Å²) in [6.07, 6.45) is 4.04. The minimum absolute atomic E-state index is 0.157. The molecule has 0 aromatic rings. The van der Waals surface area contributed by atoms with Crippen LogP contribution in [0.3, 0.4) is 0 Å².